The molecule has 1 aliphatic heterocycles. The molecule has 3 heteroatoms. The first-order valence-electron chi connectivity index (χ1n) is 6.61. The Morgan fingerprint density at radius 2 is 2.22 bits per heavy atom. The third-order valence-electron chi connectivity index (χ3n) is 3.64. The van der Waals surface area contributed by atoms with E-state index in [2.05, 4.69) is 46.9 Å². The van der Waals surface area contributed by atoms with Gasteiger partial charge in [0, 0.05) is 18.4 Å². The van der Waals surface area contributed by atoms with E-state index in [1.807, 2.05) is 12.5 Å². The molecule has 2 heterocycles. The Morgan fingerprint density at radius 1 is 1.33 bits per heavy atom. The van der Waals surface area contributed by atoms with Gasteiger partial charge in [-0.15, -0.1) is 0 Å². The predicted octanol–water partition coefficient (Wildman–Crippen LogP) is 2.64. The van der Waals surface area contributed by atoms with Crippen LogP contribution in [0.2, 0.25) is 0 Å². The van der Waals surface area contributed by atoms with E-state index in [0.29, 0.717) is 5.92 Å². The molecule has 0 saturated carbocycles. The number of imidazole rings is 1. The zero-order valence-electron chi connectivity index (χ0n) is 11.0. The minimum Gasteiger partial charge on any atom is -0.312 e. The first kappa shape index (κ1) is 11.5. The average Bonchev–Trinajstić information content (AvgIpc) is 2.87. The van der Waals surface area contributed by atoms with E-state index in [-0.39, 0.29) is 0 Å². The van der Waals surface area contributed by atoms with Crippen molar-refractivity contribution in [1.82, 2.24) is 14.9 Å². The summed E-state index contributed by atoms with van der Waals surface area (Å²) in [6.45, 7) is 6.46. The van der Waals surface area contributed by atoms with Gasteiger partial charge in [-0.1, -0.05) is 26.0 Å². The van der Waals surface area contributed by atoms with Crippen LogP contribution in [0.5, 0.6) is 0 Å². The zero-order chi connectivity index (χ0) is 12.5. The molecule has 0 unspecified atom stereocenters. The van der Waals surface area contributed by atoms with E-state index >= 15 is 0 Å². The highest BCUT2D eigenvalue weighted by molar-refractivity contribution is 5.48. The second kappa shape index (κ2) is 4.58. The average molecular weight is 241 g/mol. The third kappa shape index (κ3) is 1.85. The maximum atomic E-state index is 4.31. The van der Waals surface area contributed by atoms with Crippen LogP contribution < -0.4 is 5.32 Å². The van der Waals surface area contributed by atoms with E-state index in [1.165, 1.54) is 22.5 Å². The van der Waals surface area contributed by atoms with Gasteiger partial charge in [0.15, 0.2) is 0 Å². The van der Waals surface area contributed by atoms with Crippen molar-refractivity contribution >= 4 is 0 Å². The lowest BCUT2D eigenvalue weighted by Gasteiger charge is -2.22. The molecule has 1 aliphatic rings. The van der Waals surface area contributed by atoms with E-state index < -0.39 is 0 Å². The van der Waals surface area contributed by atoms with Crippen LogP contribution in [0.3, 0.4) is 0 Å². The van der Waals surface area contributed by atoms with Crippen LogP contribution in [0.15, 0.2) is 30.7 Å². The molecule has 0 aliphatic carbocycles. The summed E-state index contributed by atoms with van der Waals surface area (Å²) in [6, 6.07) is 6.59. The van der Waals surface area contributed by atoms with Crippen molar-refractivity contribution < 1.29 is 0 Å². The molecule has 1 N–H and O–H groups in total. The minimum atomic E-state index is 0.486. The second-order valence-corrected chi connectivity index (χ2v) is 5.18. The molecule has 94 valence electrons. The maximum Gasteiger partial charge on any atom is 0.0994 e. The highest BCUT2D eigenvalue weighted by atomic mass is 15.1. The van der Waals surface area contributed by atoms with E-state index in [4.69, 9.17) is 0 Å². The normalized spacial score (nSPS) is 14.8. The van der Waals surface area contributed by atoms with Gasteiger partial charge in [-0.3, -0.25) is 0 Å². The molecule has 18 heavy (non-hydrogen) atoms. The fourth-order valence-corrected chi connectivity index (χ4v) is 2.66. The summed E-state index contributed by atoms with van der Waals surface area (Å²) in [6.07, 6.45) is 5.02. The Balaban J connectivity index is 2.14. The summed E-state index contributed by atoms with van der Waals surface area (Å²) in [7, 11) is 0. The van der Waals surface area contributed by atoms with Gasteiger partial charge in [-0.25, -0.2) is 4.98 Å². The number of fused-ring (bicyclic) bond motifs is 1. The second-order valence-electron chi connectivity index (χ2n) is 5.18. The van der Waals surface area contributed by atoms with Gasteiger partial charge in [0.2, 0.25) is 0 Å². The van der Waals surface area contributed by atoms with Gasteiger partial charge in [0.1, 0.15) is 0 Å². The highest BCUT2D eigenvalue weighted by Gasteiger charge is 2.16. The summed E-state index contributed by atoms with van der Waals surface area (Å²) < 4.78 is 2.23. The van der Waals surface area contributed by atoms with Gasteiger partial charge in [0.25, 0.3) is 0 Å². The quantitative estimate of drug-likeness (QED) is 0.876. The van der Waals surface area contributed by atoms with Gasteiger partial charge in [-0.2, -0.15) is 0 Å². The molecule has 0 atom stereocenters. The largest absolute Gasteiger partial charge is 0.312 e. The molecule has 3 rings (SSSR count). The number of aromatic nitrogens is 2. The van der Waals surface area contributed by atoms with Crippen molar-refractivity contribution in [2.75, 3.05) is 6.54 Å². The van der Waals surface area contributed by atoms with Crippen molar-refractivity contribution in [2.24, 2.45) is 0 Å². The van der Waals surface area contributed by atoms with Gasteiger partial charge in [-0.05, 0) is 36.1 Å². The van der Waals surface area contributed by atoms with Gasteiger partial charge >= 0.3 is 0 Å². The number of rotatable bonds is 2. The molecule has 0 spiro atoms. The van der Waals surface area contributed by atoms with Crippen molar-refractivity contribution in [2.45, 2.75) is 32.7 Å². The maximum absolute atomic E-state index is 4.31. The Labute approximate surface area is 108 Å². The Morgan fingerprint density at radius 3 is 3.06 bits per heavy atom. The summed E-state index contributed by atoms with van der Waals surface area (Å²) in [5.74, 6) is 0.486. The van der Waals surface area contributed by atoms with Crippen molar-refractivity contribution in [1.29, 1.82) is 0 Å². The summed E-state index contributed by atoms with van der Waals surface area (Å²) >= 11 is 0. The van der Waals surface area contributed by atoms with Crippen molar-refractivity contribution in [3.8, 4) is 5.69 Å². The number of nitrogens with one attached hydrogen (secondary N) is 1. The molecular formula is C15H19N3. The zero-order valence-corrected chi connectivity index (χ0v) is 11.0. The SMILES string of the molecule is CC(C)c1cncn1-c1cccc2c1CNCC2. The lowest BCUT2D eigenvalue weighted by molar-refractivity contribution is 0.638. The molecule has 0 saturated heterocycles. The summed E-state index contributed by atoms with van der Waals surface area (Å²) in [5.41, 5.74) is 5.44. The Bertz CT molecular complexity index is 555. The molecule has 0 bridgehead atoms. The monoisotopic (exact) mass is 241 g/mol. The molecule has 0 radical (unpaired) electrons. The third-order valence-corrected chi connectivity index (χ3v) is 3.64. The molecular weight excluding hydrogens is 222 g/mol. The number of hydrogen-bond donors (Lipinski definition) is 1. The lowest BCUT2D eigenvalue weighted by Crippen LogP contribution is -2.25. The summed E-state index contributed by atoms with van der Waals surface area (Å²) in [5, 5.41) is 3.46. The molecule has 1 aromatic carbocycles. The fraction of sp³-hybridized carbons (Fsp3) is 0.400. The van der Waals surface area contributed by atoms with Crippen LogP contribution in [-0.2, 0) is 13.0 Å². The minimum absolute atomic E-state index is 0.486. The molecule has 0 amide bonds. The van der Waals surface area contributed by atoms with Crippen LogP contribution in [0, 0.1) is 0 Å². The van der Waals surface area contributed by atoms with Crippen LogP contribution >= 0.6 is 0 Å². The first-order chi connectivity index (χ1) is 8.77. The predicted molar refractivity (Wildman–Crippen MR) is 73.1 cm³/mol. The van der Waals surface area contributed by atoms with Crippen molar-refractivity contribution in [3.63, 3.8) is 0 Å². The lowest BCUT2D eigenvalue weighted by atomic mass is 9.99. The summed E-state index contributed by atoms with van der Waals surface area (Å²) in [4.78, 5) is 4.31. The van der Waals surface area contributed by atoms with Gasteiger partial charge in [0.05, 0.1) is 12.0 Å². The van der Waals surface area contributed by atoms with Crippen LogP contribution in [0.25, 0.3) is 5.69 Å². The number of nitrogens with zero attached hydrogens (tertiary/aromatic N) is 2. The van der Waals surface area contributed by atoms with Crippen LogP contribution in [-0.4, -0.2) is 16.1 Å². The molecule has 0 fully saturated rings. The number of benzene rings is 1. The van der Waals surface area contributed by atoms with Crippen LogP contribution in [0.1, 0.15) is 36.6 Å². The first-order valence-corrected chi connectivity index (χ1v) is 6.61. The number of hydrogen-bond acceptors (Lipinski definition) is 2. The molecule has 2 aromatic rings. The topological polar surface area (TPSA) is 29.9 Å². The Hall–Kier alpha value is -1.61. The van der Waals surface area contributed by atoms with E-state index in [1.54, 1.807) is 0 Å². The van der Waals surface area contributed by atoms with Gasteiger partial charge < -0.3 is 9.88 Å². The Kier molecular flexibility index (Phi) is 2.92. The highest BCUT2D eigenvalue weighted by Crippen LogP contribution is 2.25. The fourth-order valence-electron chi connectivity index (χ4n) is 2.66. The molecule has 1 aromatic heterocycles. The van der Waals surface area contributed by atoms with Crippen molar-refractivity contribution in [3.05, 3.63) is 47.5 Å². The van der Waals surface area contributed by atoms with E-state index in [0.717, 1.165) is 19.5 Å². The molecule has 3 nitrogen and oxygen atoms in total. The van der Waals surface area contributed by atoms with E-state index in [9.17, 15) is 0 Å². The smallest absolute Gasteiger partial charge is 0.0994 e. The van der Waals surface area contributed by atoms with Crippen LogP contribution in [0.4, 0.5) is 0 Å². The standard InChI is InChI=1S/C15H19N3/c1-11(2)15-9-17-10-18(15)14-5-3-4-12-6-7-16-8-13(12)14/h3-5,9-11,16H,6-8H2,1-2H3.